The van der Waals surface area contributed by atoms with Crippen molar-refractivity contribution < 1.29 is 9.90 Å². The molecular formula is C16H15N3O2. The molecule has 3 rings (SSSR count). The summed E-state index contributed by atoms with van der Waals surface area (Å²) in [7, 11) is 0. The number of carboxylic acid groups (broad SMARTS) is 1. The molecule has 0 aliphatic heterocycles. The molecule has 0 amide bonds. The smallest absolute Gasteiger partial charge is 0.341 e. The molecule has 106 valence electrons. The zero-order chi connectivity index (χ0) is 15.0. The molecule has 2 aromatic heterocycles. The van der Waals surface area contributed by atoms with Crippen molar-refractivity contribution in [2.45, 2.75) is 13.8 Å². The number of hydrogen-bond acceptors (Lipinski definition) is 2. The lowest BCUT2D eigenvalue weighted by Gasteiger charge is -2.12. The van der Waals surface area contributed by atoms with Crippen LogP contribution in [0, 0.1) is 13.8 Å². The summed E-state index contributed by atoms with van der Waals surface area (Å²) in [5.74, 6) is -0.464. The Morgan fingerprint density at radius 3 is 2.52 bits per heavy atom. The highest BCUT2D eigenvalue weighted by Crippen LogP contribution is 2.22. The minimum absolute atomic E-state index is 0.172. The van der Waals surface area contributed by atoms with Crippen molar-refractivity contribution in [3.05, 3.63) is 65.6 Å². The maximum atomic E-state index is 11.4. The fraction of sp³-hybridized carbons (Fsp3) is 0.125. The standard InChI is InChI=1S/C16H15N3O2/c1-11-5-6-14(12(2)9-11)19-15(18-7-3-4-8-18)13(10-17-19)16(20)21/h3-10H,1-2H3,(H,20,21). The van der Waals surface area contributed by atoms with Crippen LogP contribution in [0.25, 0.3) is 11.5 Å². The first kappa shape index (κ1) is 13.2. The van der Waals surface area contributed by atoms with E-state index in [1.807, 2.05) is 50.5 Å². The van der Waals surface area contributed by atoms with Gasteiger partial charge in [-0.15, -0.1) is 0 Å². The zero-order valence-electron chi connectivity index (χ0n) is 11.8. The minimum atomic E-state index is -0.991. The Bertz CT molecular complexity index is 801. The van der Waals surface area contributed by atoms with E-state index in [1.54, 1.807) is 9.25 Å². The first-order valence-electron chi connectivity index (χ1n) is 6.60. The Balaban J connectivity index is 2.26. The summed E-state index contributed by atoms with van der Waals surface area (Å²) >= 11 is 0. The second-order valence-electron chi connectivity index (χ2n) is 4.98. The van der Waals surface area contributed by atoms with Crippen LogP contribution in [0.4, 0.5) is 0 Å². The summed E-state index contributed by atoms with van der Waals surface area (Å²) in [6, 6.07) is 9.70. The molecule has 0 fully saturated rings. The molecule has 1 N–H and O–H groups in total. The summed E-state index contributed by atoms with van der Waals surface area (Å²) < 4.78 is 3.42. The van der Waals surface area contributed by atoms with Crippen molar-refractivity contribution >= 4 is 5.97 Å². The van der Waals surface area contributed by atoms with Crippen LogP contribution in [-0.4, -0.2) is 25.4 Å². The maximum Gasteiger partial charge on any atom is 0.341 e. The van der Waals surface area contributed by atoms with Gasteiger partial charge in [-0.05, 0) is 37.6 Å². The number of benzene rings is 1. The number of nitrogens with zero attached hydrogens (tertiary/aromatic N) is 3. The van der Waals surface area contributed by atoms with Crippen LogP contribution in [0.5, 0.6) is 0 Å². The van der Waals surface area contributed by atoms with E-state index in [-0.39, 0.29) is 5.56 Å². The van der Waals surface area contributed by atoms with Gasteiger partial charge in [-0.1, -0.05) is 17.7 Å². The predicted octanol–water partition coefficient (Wildman–Crippen LogP) is 2.98. The molecule has 0 bridgehead atoms. The fourth-order valence-electron chi connectivity index (χ4n) is 2.44. The summed E-state index contributed by atoms with van der Waals surface area (Å²) in [6.45, 7) is 4.01. The molecule has 0 spiro atoms. The Hall–Kier alpha value is -2.82. The number of rotatable bonds is 3. The lowest BCUT2D eigenvalue weighted by Crippen LogP contribution is -2.09. The largest absolute Gasteiger partial charge is 0.477 e. The van der Waals surface area contributed by atoms with Gasteiger partial charge in [-0.3, -0.25) is 0 Å². The quantitative estimate of drug-likeness (QED) is 0.803. The highest BCUT2D eigenvalue weighted by molar-refractivity contribution is 5.91. The van der Waals surface area contributed by atoms with Crippen LogP contribution in [-0.2, 0) is 0 Å². The first-order valence-corrected chi connectivity index (χ1v) is 6.60. The van der Waals surface area contributed by atoms with Crippen LogP contribution in [0.15, 0.2) is 48.9 Å². The third-order valence-corrected chi connectivity index (χ3v) is 3.40. The summed E-state index contributed by atoms with van der Waals surface area (Å²) in [4.78, 5) is 11.4. The summed E-state index contributed by atoms with van der Waals surface area (Å²) in [6.07, 6.45) is 5.00. The molecular weight excluding hydrogens is 266 g/mol. The predicted molar refractivity (Wildman–Crippen MR) is 79.3 cm³/mol. The first-order chi connectivity index (χ1) is 10.1. The summed E-state index contributed by atoms with van der Waals surface area (Å²) in [5, 5.41) is 13.6. The van der Waals surface area contributed by atoms with Gasteiger partial charge in [0.1, 0.15) is 5.56 Å². The van der Waals surface area contributed by atoms with Crippen LogP contribution >= 0.6 is 0 Å². The van der Waals surface area contributed by atoms with E-state index < -0.39 is 5.97 Å². The molecule has 2 heterocycles. The van der Waals surface area contributed by atoms with Crippen LogP contribution in [0.1, 0.15) is 21.5 Å². The van der Waals surface area contributed by atoms with Gasteiger partial charge in [0.05, 0.1) is 11.9 Å². The van der Waals surface area contributed by atoms with E-state index in [0.717, 1.165) is 16.8 Å². The maximum absolute atomic E-state index is 11.4. The minimum Gasteiger partial charge on any atom is -0.477 e. The van der Waals surface area contributed by atoms with Gasteiger partial charge >= 0.3 is 5.97 Å². The van der Waals surface area contributed by atoms with E-state index in [0.29, 0.717) is 5.82 Å². The number of aryl methyl sites for hydroxylation is 2. The molecule has 21 heavy (non-hydrogen) atoms. The average molecular weight is 281 g/mol. The van der Waals surface area contributed by atoms with Crippen molar-refractivity contribution in [1.29, 1.82) is 0 Å². The van der Waals surface area contributed by atoms with Crippen LogP contribution < -0.4 is 0 Å². The van der Waals surface area contributed by atoms with Gasteiger partial charge in [-0.2, -0.15) is 5.10 Å². The molecule has 5 nitrogen and oxygen atoms in total. The van der Waals surface area contributed by atoms with E-state index >= 15 is 0 Å². The van der Waals surface area contributed by atoms with E-state index in [9.17, 15) is 9.90 Å². The molecule has 0 aliphatic rings. The number of aromatic nitrogens is 3. The number of carbonyl (C=O) groups is 1. The van der Waals surface area contributed by atoms with Gasteiger partial charge in [-0.25, -0.2) is 9.48 Å². The summed E-state index contributed by atoms with van der Waals surface area (Å²) in [5.41, 5.74) is 3.25. The van der Waals surface area contributed by atoms with Crippen molar-refractivity contribution in [2.24, 2.45) is 0 Å². The van der Waals surface area contributed by atoms with Gasteiger partial charge in [0.2, 0.25) is 0 Å². The molecule has 3 aromatic rings. The van der Waals surface area contributed by atoms with Crippen LogP contribution in [0.2, 0.25) is 0 Å². The van der Waals surface area contributed by atoms with Crippen molar-refractivity contribution in [2.75, 3.05) is 0 Å². The normalized spacial score (nSPS) is 10.8. The van der Waals surface area contributed by atoms with E-state index in [1.165, 1.54) is 6.20 Å². The van der Waals surface area contributed by atoms with E-state index in [4.69, 9.17) is 0 Å². The van der Waals surface area contributed by atoms with Gasteiger partial charge in [0, 0.05) is 12.4 Å². The Kier molecular flexibility index (Phi) is 3.10. The Morgan fingerprint density at radius 2 is 1.90 bits per heavy atom. The van der Waals surface area contributed by atoms with Gasteiger partial charge in [0.15, 0.2) is 5.82 Å². The lowest BCUT2D eigenvalue weighted by molar-refractivity contribution is 0.0697. The van der Waals surface area contributed by atoms with Gasteiger partial charge in [0.25, 0.3) is 0 Å². The van der Waals surface area contributed by atoms with Crippen molar-refractivity contribution in [1.82, 2.24) is 14.3 Å². The monoisotopic (exact) mass is 281 g/mol. The second-order valence-corrected chi connectivity index (χ2v) is 4.98. The molecule has 0 saturated heterocycles. The molecule has 0 saturated carbocycles. The molecule has 0 atom stereocenters. The fourth-order valence-corrected chi connectivity index (χ4v) is 2.44. The SMILES string of the molecule is Cc1ccc(-n2ncc(C(=O)O)c2-n2cccc2)c(C)c1. The molecule has 5 heteroatoms. The average Bonchev–Trinajstić information content (AvgIpc) is 3.06. The highest BCUT2D eigenvalue weighted by Gasteiger charge is 2.19. The van der Waals surface area contributed by atoms with Crippen LogP contribution in [0.3, 0.4) is 0 Å². The number of carboxylic acids is 1. The lowest BCUT2D eigenvalue weighted by atomic mass is 10.1. The Labute approximate surface area is 122 Å². The molecule has 0 radical (unpaired) electrons. The third-order valence-electron chi connectivity index (χ3n) is 3.40. The number of aromatic carboxylic acids is 1. The second kappa shape index (κ2) is 4.94. The molecule has 1 aromatic carbocycles. The topological polar surface area (TPSA) is 60.1 Å². The van der Waals surface area contributed by atoms with E-state index in [2.05, 4.69) is 11.2 Å². The third kappa shape index (κ3) is 2.23. The number of hydrogen-bond donors (Lipinski definition) is 1. The van der Waals surface area contributed by atoms with Crippen molar-refractivity contribution in [3.63, 3.8) is 0 Å². The Morgan fingerprint density at radius 1 is 1.19 bits per heavy atom. The highest BCUT2D eigenvalue weighted by atomic mass is 16.4. The molecule has 0 unspecified atom stereocenters. The van der Waals surface area contributed by atoms with Gasteiger partial charge < -0.3 is 9.67 Å². The molecule has 0 aliphatic carbocycles. The zero-order valence-corrected chi connectivity index (χ0v) is 11.8. The van der Waals surface area contributed by atoms with Crippen molar-refractivity contribution in [3.8, 4) is 11.5 Å².